The fourth-order valence-electron chi connectivity index (χ4n) is 2.37. The van der Waals surface area contributed by atoms with Gasteiger partial charge in [0, 0.05) is 22.6 Å². The molecule has 6 N–H and O–H groups in total. The molecule has 1 aliphatic rings. The Balaban J connectivity index is 2.03. The number of hydrogen-bond acceptors (Lipinski definition) is 5. The Morgan fingerprint density at radius 1 is 1.24 bits per heavy atom. The van der Waals surface area contributed by atoms with Crippen molar-refractivity contribution in [2.24, 2.45) is 17.6 Å². The van der Waals surface area contributed by atoms with Crippen molar-refractivity contribution in [2.45, 2.75) is 19.4 Å². The SMILES string of the molecule is CC(=C(O)F)[C@H](NC(=O)c1ccc(C#CC#CC2CC2C(N)=O)cc1)C(=O)NO. The highest BCUT2D eigenvalue weighted by molar-refractivity contribution is 5.98. The van der Waals surface area contributed by atoms with E-state index in [9.17, 15) is 18.8 Å². The Kier molecular flexibility index (Phi) is 6.96. The van der Waals surface area contributed by atoms with Gasteiger partial charge in [-0.1, -0.05) is 11.8 Å². The van der Waals surface area contributed by atoms with Gasteiger partial charge in [0.2, 0.25) is 5.91 Å². The molecule has 3 amide bonds. The van der Waals surface area contributed by atoms with Gasteiger partial charge in [-0.05, 0) is 49.5 Å². The number of rotatable bonds is 5. The number of carbonyl (C=O) groups excluding carboxylic acids is 3. The fourth-order valence-corrected chi connectivity index (χ4v) is 2.37. The third kappa shape index (κ3) is 5.83. The van der Waals surface area contributed by atoms with Gasteiger partial charge in [0.15, 0.2) is 0 Å². The zero-order valence-corrected chi connectivity index (χ0v) is 15.3. The average molecular weight is 399 g/mol. The maximum atomic E-state index is 13.0. The first-order valence-corrected chi connectivity index (χ1v) is 8.45. The minimum atomic E-state index is -1.64. The van der Waals surface area contributed by atoms with E-state index in [1.54, 1.807) is 12.1 Å². The van der Waals surface area contributed by atoms with Crippen molar-refractivity contribution in [1.29, 1.82) is 0 Å². The number of halogens is 1. The molecular weight excluding hydrogens is 381 g/mol. The summed E-state index contributed by atoms with van der Waals surface area (Å²) in [5.41, 5.74) is 6.70. The third-order valence-electron chi connectivity index (χ3n) is 4.24. The molecule has 1 saturated carbocycles. The molecule has 2 unspecified atom stereocenters. The molecule has 0 bridgehead atoms. The van der Waals surface area contributed by atoms with Gasteiger partial charge >= 0.3 is 0 Å². The van der Waals surface area contributed by atoms with E-state index in [0.29, 0.717) is 12.0 Å². The van der Waals surface area contributed by atoms with Gasteiger partial charge < -0.3 is 16.2 Å². The van der Waals surface area contributed by atoms with Gasteiger partial charge in [0.05, 0.1) is 5.92 Å². The normalized spacial score (nSPS) is 18.6. The van der Waals surface area contributed by atoms with Crippen LogP contribution in [0.3, 0.4) is 0 Å². The second kappa shape index (κ2) is 9.40. The smallest absolute Gasteiger partial charge is 0.271 e. The number of hydroxylamine groups is 1. The summed E-state index contributed by atoms with van der Waals surface area (Å²) in [4.78, 5) is 34.8. The molecule has 1 aromatic rings. The molecule has 0 aromatic heterocycles. The number of nitrogens with two attached hydrogens (primary N) is 1. The molecular formula is C20H18FN3O5. The van der Waals surface area contributed by atoms with Crippen LogP contribution in [0.15, 0.2) is 35.9 Å². The van der Waals surface area contributed by atoms with E-state index in [2.05, 4.69) is 29.0 Å². The van der Waals surface area contributed by atoms with Gasteiger partial charge in [-0.3, -0.25) is 19.6 Å². The minimum absolute atomic E-state index is 0.0433. The topological polar surface area (TPSA) is 142 Å². The first-order chi connectivity index (χ1) is 13.7. The van der Waals surface area contributed by atoms with Crippen LogP contribution in [0.25, 0.3) is 0 Å². The number of aliphatic hydroxyl groups excluding tert-OH is 1. The zero-order valence-electron chi connectivity index (χ0n) is 15.3. The first kappa shape index (κ1) is 21.5. The van der Waals surface area contributed by atoms with E-state index in [1.807, 2.05) is 0 Å². The first-order valence-electron chi connectivity index (χ1n) is 8.45. The molecule has 1 aromatic carbocycles. The molecule has 2 rings (SSSR count). The van der Waals surface area contributed by atoms with Crippen molar-refractivity contribution in [3.05, 3.63) is 47.0 Å². The summed E-state index contributed by atoms with van der Waals surface area (Å²) < 4.78 is 13.0. The van der Waals surface area contributed by atoms with Crippen molar-refractivity contribution in [3.63, 3.8) is 0 Å². The number of carbonyl (C=O) groups is 3. The second-order valence-electron chi connectivity index (χ2n) is 6.30. The number of primary amides is 1. The van der Waals surface area contributed by atoms with Gasteiger partial charge in [-0.25, -0.2) is 5.48 Å². The van der Waals surface area contributed by atoms with Crippen molar-refractivity contribution < 1.29 is 29.1 Å². The Labute approximate surface area is 165 Å². The molecule has 150 valence electrons. The minimum Gasteiger partial charge on any atom is -0.486 e. The number of benzene rings is 1. The van der Waals surface area contributed by atoms with E-state index in [0.717, 1.165) is 6.92 Å². The van der Waals surface area contributed by atoms with E-state index < -0.39 is 29.4 Å². The van der Waals surface area contributed by atoms with Gasteiger partial charge in [0.25, 0.3) is 17.8 Å². The number of nitrogens with one attached hydrogen (secondary N) is 2. The molecule has 3 atom stereocenters. The van der Waals surface area contributed by atoms with Crippen molar-refractivity contribution in [3.8, 4) is 23.7 Å². The fraction of sp³-hybridized carbons (Fsp3) is 0.250. The molecule has 1 aliphatic carbocycles. The molecule has 0 saturated heterocycles. The average Bonchev–Trinajstić information content (AvgIpc) is 3.48. The number of amides is 3. The molecule has 0 radical (unpaired) electrons. The van der Waals surface area contributed by atoms with Crippen LogP contribution in [-0.2, 0) is 9.59 Å². The molecule has 1 fully saturated rings. The summed E-state index contributed by atoms with van der Waals surface area (Å²) in [5.74, 6) is 8.47. The van der Waals surface area contributed by atoms with E-state index in [1.165, 1.54) is 17.6 Å². The highest BCUT2D eigenvalue weighted by Crippen LogP contribution is 2.37. The van der Waals surface area contributed by atoms with Crippen LogP contribution in [0.4, 0.5) is 4.39 Å². The lowest BCUT2D eigenvalue weighted by Gasteiger charge is -2.17. The molecule has 0 spiro atoms. The summed E-state index contributed by atoms with van der Waals surface area (Å²) >= 11 is 0. The molecule has 29 heavy (non-hydrogen) atoms. The van der Waals surface area contributed by atoms with Crippen molar-refractivity contribution in [2.75, 3.05) is 0 Å². The molecule has 0 heterocycles. The predicted molar refractivity (Wildman–Crippen MR) is 99.5 cm³/mol. The third-order valence-corrected chi connectivity index (χ3v) is 4.24. The lowest BCUT2D eigenvalue weighted by molar-refractivity contribution is -0.130. The molecule has 8 nitrogen and oxygen atoms in total. The van der Waals surface area contributed by atoms with E-state index in [4.69, 9.17) is 16.0 Å². The number of hydrogen-bond donors (Lipinski definition) is 5. The van der Waals surface area contributed by atoms with Crippen LogP contribution in [-0.4, -0.2) is 34.1 Å². The largest absolute Gasteiger partial charge is 0.486 e. The van der Waals surface area contributed by atoms with Crippen LogP contribution < -0.4 is 16.5 Å². The van der Waals surface area contributed by atoms with Gasteiger partial charge in [0.1, 0.15) is 6.04 Å². The summed E-state index contributed by atoms with van der Waals surface area (Å²) in [6.45, 7) is 1.09. The van der Waals surface area contributed by atoms with Crippen LogP contribution in [0.5, 0.6) is 0 Å². The van der Waals surface area contributed by atoms with Gasteiger partial charge in [-0.2, -0.15) is 4.39 Å². The summed E-state index contributed by atoms with van der Waals surface area (Å²) in [6, 6.07) is 2.71. The number of aliphatic hydroxyl groups is 1. The quantitative estimate of drug-likeness (QED) is 0.212. The van der Waals surface area contributed by atoms with Crippen molar-refractivity contribution >= 4 is 17.7 Å². The Hall–Kier alpha value is -3.82. The Morgan fingerprint density at radius 3 is 2.41 bits per heavy atom. The summed E-state index contributed by atoms with van der Waals surface area (Å²) in [5, 5.41) is 19.8. The maximum Gasteiger partial charge on any atom is 0.271 e. The predicted octanol–water partition coefficient (Wildman–Crippen LogP) is 0.526. The highest BCUT2D eigenvalue weighted by atomic mass is 19.1. The lowest BCUT2D eigenvalue weighted by atomic mass is 10.1. The zero-order chi connectivity index (χ0) is 21.6. The second-order valence-corrected chi connectivity index (χ2v) is 6.30. The molecule has 0 aliphatic heterocycles. The highest BCUT2D eigenvalue weighted by Gasteiger charge is 2.40. The summed E-state index contributed by atoms with van der Waals surface area (Å²) in [7, 11) is 0. The standard InChI is InChI=1S/C20H18FN3O5/c1-11(17(21)25)16(20(28)24-29)23-19(27)13-8-6-12(7-9-13)4-2-3-5-14-10-15(14)18(22)26/h6-9,14-16,25,29H,10H2,1H3,(H2,22,26)(H,23,27)(H,24,28)/t14?,15?,16-/m0/s1. The van der Waals surface area contributed by atoms with Crippen LogP contribution in [0.2, 0.25) is 0 Å². The molecule has 9 heteroatoms. The van der Waals surface area contributed by atoms with Gasteiger partial charge in [-0.15, -0.1) is 0 Å². The lowest BCUT2D eigenvalue weighted by Crippen LogP contribution is -2.46. The summed E-state index contributed by atoms with van der Waals surface area (Å²) in [6.07, 6.45) is 0.651. The van der Waals surface area contributed by atoms with E-state index in [-0.39, 0.29) is 23.3 Å². The van der Waals surface area contributed by atoms with Crippen LogP contribution in [0, 0.1) is 35.5 Å². The van der Waals surface area contributed by atoms with E-state index >= 15 is 0 Å². The van der Waals surface area contributed by atoms with Crippen LogP contribution >= 0.6 is 0 Å². The van der Waals surface area contributed by atoms with Crippen molar-refractivity contribution in [1.82, 2.24) is 10.8 Å². The monoisotopic (exact) mass is 399 g/mol. The Bertz CT molecular complexity index is 975. The maximum absolute atomic E-state index is 13.0. The Morgan fingerprint density at radius 2 is 1.90 bits per heavy atom. The van der Waals surface area contributed by atoms with Crippen LogP contribution in [0.1, 0.15) is 29.3 Å².